The van der Waals surface area contributed by atoms with Crippen LogP contribution in [0.25, 0.3) is 11.1 Å². The van der Waals surface area contributed by atoms with E-state index >= 15 is 0 Å². The molecule has 0 aliphatic heterocycles. The summed E-state index contributed by atoms with van der Waals surface area (Å²) < 4.78 is 47.6. The molecule has 4 rings (SSSR count). The largest absolute Gasteiger partial charge is 0.480 e. The second kappa shape index (κ2) is 7.50. The van der Waals surface area contributed by atoms with Crippen LogP contribution in [0.4, 0.5) is 13.2 Å². The molecule has 4 nitrogen and oxygen atoms in total. The van der Waals surface area contributed by atoms with Gasteiger partial charge in [0.2, 0.25) is 0 Å². The number of carboxylic acids is 1. The molecule has 1 aliphatic carbocycles. The minimum Gasteiger partial charge on any atom is -0.480 e. The molecule has 1 unspecified atom stereocenters. The van der Waals surface area contributed by atoms with Crippen molar-refractivity contribution in [2.75, 3.05) is 0 Å². The van der Waals surface area contributed by atoms with Gasteiger partial charge >= 0.3 is 5.97 Å². The van der Waals surface area contributed by atoms with Crippen LogP contribution < -0.4 is 10.5 Å². The summed E-state index contributed by atoms with van der Waals surface area (Å²) in [6.45, 7) is 0. The Labute approximate surface area is 170 Å². The van der Waals surface area contributed by atoms with Gasteiger partial charge in [0, 0.05) is 23.6 Å². The zero-order valence-corrected chi connectivity index (χ0v) is 15.8. The van der Waals surface area contributed by atoms with Gasteiger partial charge in [-0.15, -0.1) is 0 Å². The monoisotopic (exact) mass is 413 g/mol. The predicted molar refractivity (Wildman–Crippen MR) is 105 cm³/mol. The predicted octanol–water partition coefficient (Wildman–Crippen LogP) is 4.83. The van der Waals surface area contributed by atoms with E-state index in [-0.39, 0.29) is 23.3 Å². The number of hydrogen-bond acceptors (Lipinski definition) is 3. The lowest BCUT2D eigenvalue weighted by atomic mass is 9.78. The van der Waals surface area contributed by atoms with Crippen molar-refractivity contribution in [2.45, 2.75) is 24.8 Å². The summed E-state index contributed by atoms with van der Waals surface area (Å²) in [6.07, 6.45) is 1.02. The summed E-state index contributed by atoms with van der Waals surface area (Å²) in [5.74, 6) is -3.84. The van der Waals surface area contributed by atoms with Crippen LogP contribution in [-0.2, 0) is 17.6 Å². The fraction of sp³-hybridized carbons (Fsp3) is 0.174. The van der Waals surface area contributed by atoms with Crippen LogP contribution in [0.5, 0.6) is 11.5 Å². The minimum absolute atomic E-state index is 0.153. The molecule has 30 heavy (non-hydrogen) atoms. The lowest BCUT2D eigenvalue weighted by Crippen LogP contribution is -2.52. The highest BCUT2D eigenvalue weighted by Gasteiger charge is 2.37. The van der Waals surface area contributed by atoms with Gasteiger partial charge in [-0.1, -0.05) is 24.3 Å². The van der Waals surface area contributed by atoms with Gasteiger partial charge in [0.15, 0.2) is 11.6 Å². The number of para-hydroxylation sites is 1. The Hall–Kier alpha value is -3.32. The summed E-state index contributed by atoms with van der Waals surface area (Å²) in [7, 11) is 0. The van der Waals surface area contributed by atoms with Crippen molar-refractivity contribution in [3.05, 3.63) is 83.2 Å². The van der Waals surface area contributed by atoms with E-state index in [1.165, 1.54) is 6.07 Å². The van der Waals surface area contributed by atoms with Crippen LogP contribution in [0.1, 0.15) is 17.5 Å². The van der Waals surface area contributed by atoms with Gasteiger partial charge in [0.1, 0.15) is 22.9 Å². The molecule has 7 heteroatoms. The van der Waals surface area contributed by atoms with Gasteiger partial charge in [-0.3, -0.25) is 4.79 Å². The Morgan fingerprint density at radius 1 is 1.00 bits per heavy atom. The quantitative estimate of drug-likeness (QED) is 0.601. The summed E-state index contributed by atoms with van der Waals surface area (Å²) in [5.41, 5.74) is 6.33. The smallest absolute Gasteiger partial charge is 0.324 e. The molecule has 1 aliphatic rings. The average Bonchev–Trinajstić information content (AvgIpc) is 2.71. The highest BCUT2D eigenvalue weighted by atomic mass is 19.2. The standard InChI is InChI=1S/C23H18F3NO3/c24-15-10-18(21(26)19(25)11-15)17-3-1-2-4-20(17)30-16-6-5-13-7-8-23(27,22(28)29)12-14(13)9-16/h1-6,9-11H,7-8,12,27H2,(H,28,29). The highest BCUT2D eigenvalue weighted by Crippen LogP contribution is 2.37. The van der Waals surface area contributed by atoms with E-state index in [2.05, 4.69) is 0 Å². The Balaban J connectivity index is 1.70. The number of ether oxygens (including phenoxy) is 1. The van der Waals surface area contributed by atoms with Gasteiger partial charge in [-0.2, -0.15) is 0 Å². The van der Waals surface area contributed by atoms with Crippen molar-refractivity contribution in [1.82, 2.24) is 0 Å². The molecule has 3 aromatic carbocycles. The number of nitrogens with two attached hydrogens (primary N) is 1. The minimum atomic E-state index is -1.34. The molecular weight excluding hydrogens is 395 g/mol. The molecule has 0 spiro atoms. The maximum Gasteiger partial charge on any atom is 0.324 e. The summed E-state index contributed by atoms with van der Waals surface area (Å²) in [5, 5.41) is 9.41. The molecule has 0 radical (unpaired) electrons. The van der Waals surface area contributed by atoms with E-state index < -0.39 is 29.0 Å². The molecule has 0 saturated heterocycles. The first-order valence-electron chi connectivity index (χ1n) is 9.33. The number of carboxylic acid groups (broad SMARTS) is 1. The molecule has 0 amide bonds. The second-order valence-corrected chi connectivity index (χ2v) is 7.42. The van der Waals surface area contributed by atoms with Gasteiger partial charge in [0.25, 0.3) is 0 Å². The van der Waals surface area contributed by atoms with Crippen LogP contribution in [0.2, 0.25) is 0 Å². The first-order valence-corrected chi connectivity index (χ1v) is 9.33. The number of benzene rings is 3. The first kappa shape index (κ1) is 20.0. The zero-order chi connectivity index (χ0) is 21.5. The Morgan fingerprint density at radius 3 is 2.53 bits per heavy atom. The highest BCUT2D eigenvalue weighted by molar-refractivity contribution is 5.79. The molecule has 1 atom stereocenters. The van der Waals surface area contributed by atoms with Gasteiger partial charge in [-0.05, 0) is 48.2 Å². The number of rotatable bonds is 4. The third-order valence-electron chi connectivity index (χ3n) is 5.35. The average molecular weight is 413 g/mol. The van der Waals surface area contributed by atoms with E-state index in [1.54, 1.807) is 30.3 Å². The summed E-state index contributed by atoms with van der Waals surface area (Å²) in [4.78, 5) is 11.5. The number of fused-ring (bicyclic) bond motifs is 1. The van der Waals surface area contributed by atoms with Crippen molar-refractivity contribution in [1.29, 1.82) is 0 Å². The topological polar surface area (TPSA) is 72.6 Å². The Bertz CT molecular complexity index is 1150. The van der Waals surface area contributed by atoms with Crippen LogP contribution in [0.3, 0.4) is 0 Å². The van der Waals surface area contributed by atoms with E-state index in [9.17, 15) is 23.1 Å². The summed E-state index contributed by atoms with van der Waals surface area (Å²) >= 11 is 0. The molecule has 0 aromatic heterocycles. The van der Waals surface area contributed by atoms with Crippen molar-refractivity contribution >= 4 is 5.97 Å². The number of aliphatic carboxylic acids is 1. The van der Waals surface area contributed by atoms with Crippen LogP contribution in [0.15, 0.2) is 54.6 Å². The third-order valence-corrected chi connectivity index (χ3v) is 5.35. The molecule has 154 valence electrons. The number of halogens is 3. The summed E-state index contributed by atoms with van der Waals surface area (Å²) in [6, 6.07) is 12.9. The number of hydrogen-bond donors (Lipinski definition) is 2. The molecule has 0 heterocycles. The third kappa shape index (κ3) is 3.64. The molecule has 3 aromatic rings. The van der Waals surface area contributed by atoms with Crippen molar-refractivity contribution in [3.63, 3.8) is 0 Å². The van der Waals surface area contributed by atoms with E-state index in [1.807, 2.05) is 6.07 Å². The lowest BCUT2D eigenvalue weighted by molar-refractivity contribution is -0.143. The maximum atomic E-state index is 14.3. The Morgan fingerprint density at radius 2 is 1.77 bits per heavy atom. The second-order valence-electron chi connectivity index (χ2n) is 7.42. The van der Waals surface area contributed by atoms with Crippen molar-refractivity contribution < 1.29 is 27.8 Å². The van der Waals surface area contributed by atoms with Crippen LogP contribution in [-0.4, -0.2) is 16.6 Å². The zero-order valence-electron chi connectivity index (χ0n) is 15.8. The van der Waals surface area contributed by atoms with E-state index in [0.29, 0.717) is 24.7 Å². The number of aryl methyl sites for hydroxylation is 1. The van der Waals surface area contributed by atoms with Gasteiger partial charge in [0.05, 0.1) is 0 Å². The molecule has 0 saturated carbocycles. The van der Waals surface area contributed by atoms with Gasteiger partial charge in [-0.25, -0.2) is 13.2 Å². The molecule has 0 fully saturated rings. The van der Waals surface area contributed by atoms with Crippen LogP contribution >= 0.6 is 0 Å². The number of carbonyl (C=O) groups is 1. The molecular formula is C23H18F3NO3. The van der Waals surface area contributed by atoms with Crippen molar-refractivity contribution in [3.8, 4) is 22.6 Å². The SMILES string of the molecule is NC1(C(=O)O)CCc2ccc(Oc3ccccc3-c3cc(F)cc(F)c3F)cc2C1. The fourth-order valence-electron chi connectivity index (χ4n) is 3.70. The van der Waals surface area contributed by atoms with Gasteiger partial charge < -0.3 is 15.6 Å². The fourth-order valence-corrected chi connectivity index (χ4v) is 3.70. The normalized spacial score (nSPS) is 18.0. The van der Waals surface area contributed by atoms with E-state index in [4.69, 9.17) is 10.5 Å². The maximum absolute atomic E-state index is 14.3. The lowest BCUT2D eigenvalue weighted by Gasteiger charge is -2.31. The van der Waals surface area contributed by atoms with E-state index in [0.717, 1.165) is 17.2 Å². The van der Waals surface area contributed by atoms with Crippen LogP contribution in [0, 0.1) is 17.5 Å². The molecule has 0 bridgehead atoms. The Kier molecular flexibility index (Phi) is 4.99. The molecule has 3 N–H and O–H groups in total. The first-order chi connectivity index (χ1) is 14.3. The van der Waals surface area contributed by atoms with Crippen molar-refractivity contribution in [2.24, 2.45) is 5.73 Å².